The molecule has 0 bridgehead atoms. The Kier molecular flexibility index (Phi) is 5.61. The molecule has 0 unspecified atom stereocenters. The van der Waals surface area contributed by atoms with Crippen LogP contribution in [0.4, 0.5) is 25.4 Å². The van der Waals surface area contributed by atoms with E-state index in [0.717, 1.165) is 0 Å². The molecule has 7 nitrogen and oxygen atoms in total. The molecule has 0 atom stereocenters. The van der Waals surface area contributed by atoms with E-state index in [0.29, 0.717) is 32.0 Å². The summed E-state index contributed by atoms with van der Waals surface area (Å²) in [6, 6.07) is 3.64. The number of hydrogen-bond acceptors (Lipinski definition) is 4. The number of ether oxygens (including phenoxy) is 2. The van der Waals surface area contributed by atoms with E-state index in [9.17, 15) is 14.0 Å². The van der Waals surface area contributed by atoms with Crippen LogP contribution < -0.4 is 10.6 Å². The number of nitrogens with one attached hydrogen (secondary N) is 2. The second kappa shape index (κ2) is 7.48. The Labute approximate surface area is 140 Å². The van der Waals surface area contributed by atoms with Gasteiger partial charge in [-0.05, 0) is 39.0 Å². The first kappa shape index (κ1) is 18.0. The molecule has 0 aliphatic carbocycles. The molecule has 24 heavy (non-hydrogen) atoms. The number of benzene rings is 1. The second-order valence-electron chi connectivity index (χ2n) is 6.35. The van der Waals surface area contributed by atoms with Gasteiger partial charge in [-0.3, -0.25) is 5.32 Å². The van der Waals surface area contributed by atoms with Crippen LogP contribution >= 0.6 is 0 Å². The molecule has 132 valence electrons. The molecule has 1 fully saturated rings. The Morgan fingerprint density at radius 3 is 2.50 bits per heavy atom. The van der Waals surface area contributed by atoms with Gasteiger partial charge in [0.15, 0.2) is 0 Å². The molecule has 8 heteroatoms. The van der Waals surface area contributed by atoms with Crippen molar-refractivity contribution >= 4 is 23.5 Å². The van der Waals surface area contributed by atoms with Crippen LogP contribution in [0.2, 0.25) is 0 Å². The molecule has 0 aromatic heterocycles. The van der Waals surface area contributed by atoms with Gasteiger partial charge in [-0.15, -0.1) is 0 Å². The van der Waals surface area contributed by atoms with Gasteiger partial charge in [-0.25, -0.2) is 14.0 Å². The molecule has 1 aliphatic rings. The molecular formula is C16H22FN3O4. The third kappa shape index (κ3) is 5.38. The fraction of sp³-hybridized carbons (Fsp3) is 0.500. The van der Waals surface area contributed by atoms with Crippen molar-refractivity contribution < 1.29 is 23.5 Å². The number of carbonyl (C=O) groups is 2. The molecule has 1 aromatic rings. The Bertz CT molecular complexity index is 610. The minimum atomic E-state index is -0.766. The lowest BCUT2D eigenvalue weighted by atomic mass is 10.2. The maximum absolute atomic E-state index is 13.8. The monoisotopic (exact) mass is 339 g/mol. The van der Waals surface area contributed by atoms with E-state index in [2.05, 4.69) is 10.6 Å². The average molecular weight is 339 g/mol. The largest absolute Gasteiger partial charge is 0.444 e. The summed E-state index contributed by atoms with van der Waals surface area (Å²) >= 11 is 0. The quantitative estimate of drug-likeness (QED) is 0.868. The first-order valence-electron chi connectivity index (χ1n) is 7.68. The van der Waals surface area contributed by atoms with Gasteiger partial charge in [0.05, 0.1) is 18.9 Å². The molecule has 1 aromatic carbocycles. The smallest absolute Gasteiger partial charge is 0.412 e. The number of amides is 3. The van der Waals surface area contributed by atoms with Crippen molar-refractivity contribution in [3.05, 3.63) is 24.0 Å². The molecular weight excluding hydrogens is 317 g/mol. The van der Waals surface area contributed by atoms with Crippen molar-refractivity contribution in [2.45, 2.75) is 26.4 Å². The van der Waals surface area contributed by atoms with Crippen LogP contribution in [0, 0.1) is 5.82 Å². The summed E-state index contributed by atoms with van der Waals surface area (Å²) in [5.41, 5.74) is -0.383. The molecule has 0 radical (unpaired) electrons. The van der Waals surface area contributed by atoms with Crippen molar-refractivity contribution in [1.82, 2.24) is 4.90 Å². The van der Waals surface area contributed by atoms with E-state index in [1.807, 2.05) is 0 Å². The average Bonchev–Trinajstić information content (AvgIpc) is 2.49. The normalized spacial score (nSPS) is 14.9. The number of halogens is 1. The number of carbonyl (C=O) groups excluding carboxylic acids is 2. The third-order valence-corrected chi connectivity index (χ3v) is 3.15. The molecule has 3 amide bonds. The number of urea groups is 1. The minimum Gasteiger partial charge on any atom is -0.444 e. The van der Waals surface area contributed by atoms with Crippen molar-refractivity contribution in [1.29, 1.82) is 0 Å². The van der Waals surface area contributed by atoms with Gasteiger partial charge in [-0.2, -0.15) is 0 Å². The van der Waals surface area contributed by atoms with Crippen molar-refractivity contribution in [2.75, 3.05) is 36.9 Å². The molecule has 0 saturated carbocycles. The molecule has 1 aliphatic heterocycles. The predicted octanol–water partition coefficient (Wildman–Crippen LogP) is 3.04. The predicted molar refractivity (Wildman–Crippen MR) is 87.7 cm³/mol. The summed E-state index contributed by atoms with van der Waals surface area (Å²) in [6.07, 6.45) is -0.766. The Morgan fingerprint density at radius 1 is 1.21 bits per heavy atom. The van der Waals surface area contributed by atoms with Gasteiger partial charge in [-0.1, -0.05) is 0 Å². The lowest BCUT2D eigenvalue weighted by Crippen LogP contribution is -2.43. The van der Waals surface area contributed by atoms with Gasteiger partial charge < -0.3 is 19.7 Å². The topological polar surface area (TPSA) is 79.9 Å². The molecule has 2 rings (SSSR count). The number of rotatable bonds is 2. The van der Waals surface area contributed by atoms with Crippen LogP contribution in [0.1, 0.15) is 20.8 Å². The van der Waals surface area contributed by atoms with E-state index in [1.54, 1.807) is 25.7 Å². The summed E-state index contributed by atoms with van der Waals surface area (Å²) in [5.74, 6) is -0.620. The van der Waals surface area contributed by atoms with Crippen LogP contribution in [0.25, 0.3) is 0 Å². The van der Waals surface area contributed by atoms with Crippen molar-refractivity contribution in [2.24, 2.45) is 0 Å². The zero-order valence-electron chi connectivity index (χ0n) is 14.0. The third-order valence-electron chi connectivity index (χ3n) is 3.15. The van der Waals surface area contributed by atoms with E-state index in [1.165, 1.54) is 18.2 Å². The number of hydrogen-bond donors (Lipinski definition) is 2. The zero-order valence-corrected chi connectivity index (χ0v) is 14.0. The lowest BCUT2D eigenvalue weighted by Gasteiger charge is -2.27. The molecule has 2 N–H and O–H groups in total. The van der Waals surface area contributed by atoms with Crippen LogP contribution in [-0.2, 0) is 9.47 Å². The van der Waals surface area contributed by atoms with Crippen LogP contribution in [-0.4, -0.2) is 48.9 Å². The first-order chi connectivity index (χ1) is 11.2. The maximum Gasteiger partial charge on any atom is 0.412 e. The zero-order chi connectivity index (χ0) is 17.7. The molecule has 1 heterocycles. The van der Waals surface area contributed by atoms with E-state index < -0.39 is 17.5 Å². The van der Waals surface area contributed by atoms with E-state index >= 15 is 0 Å². The van der Waals surface area contributed by atoms with Crippen LogP contribution in [0.3, 0.4) is 0 Å². The highest BCUT2D eigenvalue weighted by atomic mass is 19.1. The highest BCUT2D eigenvalue weighted by Gasteiger charge is 2.19. The van der Waals surface area contributed by atoms with Crippen molar-refractivity contribution in [3.63, 3.8) is 0 Å². The van der Waals surface area contributed by atoms with E-state index in [4.69, 9.17) is 9.47 Å². The summed E-state index contributed by atoms with van der Waals surface area (Å²) in [7, 11) is 0. The minimum absolute atomic E-state index is 0.0657. The number of nitrogens with zero attached hydrogens (tertiary/aromatic N) is 1. The number of anilines is 2. The second-order valence-corrected chi connectivity index (χ2v) is 6.35. The highest BCUT2D eigenvalue weighted by Crippen LogP contribution is 2.21. The van der Waals surface area contributed by atoms with E-state index in [-0.39, 0.29) is 11.7 Å². The lowest BCUT2D eigenvalue weighted by molar-refractivity contribution is 0.0564. The SMILES string of the molecule is CC(C)(C)OC(=O)Nc1cc(NC(=O)N2CCOCC2)ccc1F. The first-order valence-corrected chi connectivity index (χ1v) is 7.68. The van der Waals surface area contributed by atoms with Crippen LogP contribution in [0.15, 0.2) is 18.2 Å². The maximum atomic E-state index is 13.8. The van der Waals surface area contributed by atoms with Gasteiger partial charge in [0.25, 0.3) is 0 Å². The summed E-state index contributed by atoms with van der Waals surface area (Å²) in [4.78, 5) is 25.5. The van der Waals surface area contributed by atoms with Gasteiger partial charge in [0.1, 0.15) is 11.4 Å². The van der Waals surface area contributed by atoms with Gasteiger partial charge in [0, 0.05) is 18.8 Å². The molecule has 1 saturated heterocycles. The fourth-order valence-electron chi connectivity index (χ4n) is 2.08. The van der Waals surface area contributed by atoms with Crippen molar-refractivity contribution in [3.8, 4) is 0 Å². The van der Waals surface area contributed by atoms with Gasteiger partial charge >= 0.3 is 12.1 Å². The molecule has 0 spiro atoms. The summed E-state index contributed by atoms with van der Waals surface area (Å²) < 4.78 is 24.1. The fourth-order valence-corrected chi connectivity index (χ4v) is 2.08. The number of morpholine rings is 1. The standard InChI is InChI=1S/C16H22FN3O4/c1-16(2,3)24-15(22)19-13-10-11(4-5-12(13)17)18-14(21)20-6-8-23-9-7-20/h4-5,10H,6-9H2,1-3H3,(H,18,21)(H,19,22). The van der Waals surface area contributed by atoms with Gasteiger partial charge in [0.2, 0.25) is 0 Å². The summed E-state index contributed by atoms with van der Waals surface area (Å²) in [6.45, 7) is 7.10. The summed E-state index contributed by atoms with van der Waals surface area (Å²) in [5, 5.41) is 5.01. The van der Waals surface area contributed by atoms with Crippen LogP contribution in [0.5, 0.6) is 0 Å². The Balaban J connectivity index is 2.02. The highest BCUT2D eigenvalue weighted by molar-refractivity contribution is 5.91. The Morgan fingerprint density at radius 2 is 1.88 bits per heavy atom. The Hall–Kier alpha value is -2.35.